The summed E-state index contributed by atoms with van der Waals surface area (Å²) < 4.78 is 7.14. The van der Waals surface area contributed by atoms with Crippen molar-refractivity contribution in [2.75, 3.05) is 33.4 Å². The maximum absolute atomic E-state index is 12.7. The van der Waals surface area contributed by atoms with Crippen LogP contribution < -0.4 is 0 Å². The minimum absolute atomic E-state index is 0.0190. The second-order valence-electron chi connectivity index (χ2n) is 6.51. The Kier molecular flexibility index (Phi) is 5.24. The lowest BCUT2D eigenvalue weighted by molar-refractivity contribution is -0.136. The summed E-state index contributed by atoms with van der Waals surface area (Å²) in [6.45, 7) is 7.68. The van der Waals surface area contributed by atoms with Crippen molar-refractivity contribution in [2.24, 2.45) is 5.41 Å². The Morgan fingerprint density at radius 2 is 2.14 bits per heavy atom. The molecule has 0 unspecified atom stereocenters. The number of nitrogens with zero attached hydrogens (tertiary/aromatic N) is 3. The molecule has 0 bridgehead atoms. The Morgan fingerprint density at radius 1 is 1.50 bits per heavy atom. The van der Waals surface area contributed by atoms with Gasteiger partial charge in [0, 0.05) is 37.9 Å². The van der Waals surface area contributed by atoms with E-state index in [9.17, 15) is 9.90 Å². The Labute approximate surface area is 132 Å². The van der Waals surface area contributed by atoms with Crippen LogP contribution in [0.25, 0.3) is 0 Å². The van der Waals surface area contributed by atoms with E-state index in [1.165, 1.54) is 0 Å². The molecule has 1 aromatic heterocycles. The van der Waals surface area contributed by atoms with Crippen LogP contribution in [0.1, 0.15) is 37.2 Å². The van der Waals surface area contributed by atoms with Crippen molar-refractivity contribution in [3.05, 3.63) is 17.5 Å². The molecule has 2 heterocycles. The van der Waals surface area contributed by atoms with Crippen molar-refractivity contribution < 1.29 is 14.6 Å². The Morgan fingerprint density at radius 3 is 2.64 bits per heavy atom. The fraction of sp³-hybridized carbons (Fsp3) is 0.750. The summed E-state index contributed by atoms with van der Waals surface area (Å²) in [5, 5.41) is 14.2. The van der Waals surface area contributed by atoms with Crippen molar-refractivity contribution in [1.29, 1.82) is 0 Å². The highest BCUT2D eigenvalue weighted by molar-refractivity contribution is 5.79. The fourth-order valence-corrected chi connectivity index (χ4v) is 3.21. The number of aromatic nitrogens is 2. The number of ether oxygens (including phenoxy) is 1. The van der Waals surface area contributed by atoms with E-state index in [-0.39, 0.29) is 24.0 Å². The molecule has 1 atom stereocenters. The van der Waals surface area contributed by atoms with E-state index in [2.05, 4.69) is 5.10 Å². The number of amides is 1. The van der Waals surface area contributed by atoms with Gasteiger partial charge < -0.3 is 14.7 Å². The molecule has 1 fully saturated rings. The van der Waals surface area contributed by atoms with Crippen LogP contribution in [-0.4, -0.2) is 59.1 Å². The van der Waals surface area contributed by atoms with Crippen LogP contribution in [0.3, 0.4) is 0 Å². The molecule has 0 aliphatic carbocycles. The Bertz CT molecular complexity index is 521. The van der Waals surface area contributed by atoms with Gasteiger partial charge in [0.2, 0.25) is 5.91 Å². The number of carbonyl (C=O) groups excluding carboxylic acids is 1. The first-order valence-electron chi connectivity index (χ1n) is 7.85. The van der Waals surface area contributed by atoms with Crippen molar-refractivity contribution in [2.45, 2.75) is 39.7 Å². The molecule has 1 aliphatic rings. The van der Waals surface area contributed by atoms with Gasteiger partial charge in [-0.05, 0) is 39.7 Å². The third-order valence-electron chi connectivity index (χ3n) is 4.61. The molecule has 1 aromatic rings. The first-order chi connectivity index (χ1) is 10.4. The van der Waals surface area contributed by atoms with Crippen LogP contribution >= 0.6 is 0 Å². The highest BCUT2D eigenvalue weighted by Crippen LogP contribution is 2.31. The van der Waals surface area contributed by atoms with E-state index in [0.717, 1.165) is 24.2 Å². The summed E-state index contributed by atoms with van der Waals surface area (Å²) in [5.41, 5.74) is 1.66. The van der Waals surface area contributed by atoms with Crippen LogP contribution in [0.4, 0.5) is 0 Å². The van der Waals surface area contributed by atoms with Gasteiger partial charge in [0.1, 0.15) is 6.04 Å². The maximum Gasteiger partial charge on any atom is 0.246 e. The van der Waals surface area contributed by atoms with Crippen LogP contribution in [-0.2, 0) is 9.53 Å². The van der Waals surface area contributed by atoms with Crippen molar-refractivity contribution in [1.82, 2.24) is 14.7 Å². The number of likely N-dealkylation sites (N-methyl/N-ethyl adjacent to an activating group) is 1. The zero-order chi connectivity index (χ0) is 16.3. The first kappa shape index (κ1) is 17.0. The smallest absolute Gasteiger partial charge is 0.246 e. The summed E-state index contributed by atoms with van der Waals surface area (Å²) in [5.74, 6) is 0.0190. The van der Waals surface area contributed by atoms with Gasteiger partial charge in [-0.2, -0.15) is 5.10 Å². The van der Waals surface area contributed by atoms with Crippen LogP contribution in [0.15, 0.2) is 6.07 Å². The Balaban J connectivity index is 2.06. The average molecular weight is 309 g/mol. The molecule has 0 aromatic carbocycles. The molecular weight excluding hydrogens is 282 g/mol. The minimum atomic E-state index is -0.339. The van der Waals surface area contributed by atoms with E-state index in [1.54, 1.807) is 16.6 Å². The quantitative estimate of drug-likeness (QED) is 0.890. The molecular formula is C16H27N3O3. The van der Waals surface area contributed by atoms with Gasteiger partial charge in [0.15, 0.2) is 0 Å². The molecule has 0 radical (unpaired) electrons. The number of aliphatic hydroxyl groups is 1. The van der Waals surface area contributed by atoms with Gasteiger partial charge in [-0.25, -0.2) is 0 Å². The van der Waals surface area contributed by atoms with Crippen LogP contribution in [0.2, 0.25) is 0 Å². The van der Waals surface area contributed by atoms with E-state index in [1.807, 2.05) is 26.8 Å². The summed E-state index contributed by atoms with van der Waals surface area (Å²) >= 11 is 0. The topological polar surface area (TPSA) is 67.6 Å². The van der Waals surface area contributed by atoms with E-state index >= 15 is 0 Å². The van der Waals surface area contributed by atoms with Crippen molar-refractivity contribution in [3.8, 4) is 0 Å². The number of aliphatic hydroxyl groups excluding tert-OH is 1. The number of hydrogen-bond donors (Lipinski definition) is 1. The Hall–Kier alpha value is -1.40. The molecule has 1 N–H and O–H groups in total. The molecule has 1 saturated heterocycles. The third-order valence-corrected chi connectivity index (χ3v) is 4.61. The molecule has 1 amide bonds. The molecule has 1 aliphatic heterocycles. The number of rotatable bonds is 5. The zero-order valence-corrected chi connectivity index (χ0v) is 14.0. The van der Waals surface area contributed by atoms with E-state index < -0.39 is 0 Å². The van der Waals surface area contributed by atoms with Gasteiger partial charge in [-0.15, -0.1) is 0 Å². The number of carbonyl (C=O) groups is 1. The van der Waals surface area contributed by atoms with E-state index in [4.69, 9.17) is 4.74 Å². The maximum atomic E-state index is 12.7. The van der Waals surface area contributed by atoms with Crippen molar-refractivity contribution in [3.63, 3.8) is 0 Å². The second-order valence-corrected chi connectivity index (χ2v) is 6.51. The van der Waals surface area contributed by atoms with Gasteiger partial charge in [0.25, 0.3) is 0 Å². The third kappa shape index (κ3) is 3.50. The SMILES string of the molecule is Cc1cc(C)n([C@@H](C)C(=O)N(C)CC2(CO)CCOCC2)n1. The summed E-state index contributed by atoms with van der Waals surface area (Å²) in [4.78, 5) is 14.4. The summed E-state index contributed by atoms with van der Waals surface area (Å²) in [6.07, 6.45) is 1.57. The molecule has 2 rings (SSSR count). The predicted molar refractivity (Wildman–Crippen MR) is 83.6 cm³/mol. The van der Waals surface area contributed by atoms with Crippen molar-refractivity contribution >= 4 is 5.91 Å². The molecule has 22 heavy (non-hydrogen) atoms. The molecule has 0 saturated carbocycles. The summed E-state index contributed by atoms with van der Waals surface area (Å²) in [7, 11) is 1.80. The van der Waals surface area contributed by atoms with Gasteiger partial charge in [0.05, 0.1) is 12.3 Å². The first-order valence-corrected chi connectivity index (χ1v) is 7.85. The molecule has 6 heteroatoms. The van der Waals surface area contributed by atoms with Gasteiger partial charge >= 0.3 is 0 Å². The molecule has 6 nitrogen and oxygen atoms in total. The van der Waals surface area contributed by atoms with Gasteiger partial charge in [-0.3, -0.25) is 9.48 Å². The zero-order valence-electron chi connectivity index (χ0n) is 14.0. The largest absolute Gasteiger partial charge is 0.396 e. The molecule has 124 valence electrons. The lowest BCUT2D eigenvalue weighted by atomic mass is 9.80. The lowest BCUT2D eigenvalue weighted by Crippen LogP contribution is -2.46. The number of aryl methyl sites for hydroxylation is 2. The molecule has 0 spiro atoms. The van der Waals surface area contributed by atoms with Crippen LogP contribution in [0, 0.1) is 19.3 Å². The highest BCUT2D eigenvalue weighted by Gasteiger charge is 2.35. The lowest BCUT2D eigenvalue weighted by Gasteiger charge is -2.39. The minimum Gasteiger partial charge on any atom is -0.396 e. The second kappa shape index (κ2) is 6.79. The predicted octanol–water partition coefficient (Wildman–Crippen LogP) is 1.31. The van der Waals surface area contributed by atoms with E-state index in [0.29, 0.717) is 19.8 Å². The monoisotopic (exact) mass is 309 g/mol. The highest BCUT2D eigenvalue weighted by atomic mass is 16.5. The fourth-order valence-electron chi connectivity index (χ4n) is 3.21. The number of hydrogen-bond acceptors (Lipinski definition) is 4. The summed E-state index contributed by atoms with van der Waals surface area (Å²) in [6, 6.07) is 1.63. The van der Waals surface area contributed by atoms with Gasteiger partial charge in [-0.1, -0.05) is 0 Å². The average Bonchev–Trinajstić information content (AvgIpc) is 2.85. The van der Waals surface area contributed by atoms with Crippen LogP contribution in [0.5, 0.6) is 0 Å². The normalized spacial score (nSPS) is 19.0. The standard InChI is InChI=1S/C16H27N3O3/c1-12-9-13(2)19(17-12)14(3)15(21)18(4)10-16(11-20)5-7-22-8-6-16/h9,14,20H,5-8,10-11H2,1-4H3/t14-/m0/s1.